The van der Waals surface area contributed by atoms with Crippen LogP contribution >= 0.6 is 11.3 Å². The molecule has 2 aliphatic heterocycles. The number of aromatic nitrogens is 4. The highest BCUT2D eigenvalue weighted by atomic mass is 32.1. The first-order valence-electron chi connectivity index (χ1n) is 10.9. The monoisotopic (exact) mass is 487 g/mol. The van der Waals surface area contributed by atoms with Crippen LogP contribution in [-0.2, 0) is 19.0 Å². The van der Waals surface area contributed by atoms with Crippen molar-refractivity contribution in [3.8, 4) is 0 Å². The molecule has 3 unspecified atom stereocenters. The first-order valence-corrected chi connectivity index (χ1v) is 11.7. The molecule has 3 N–H and O–H groups in total. The fourth-order valence-electron chi connectivity index (χ4n) is 4.15. The Hall–Kier alpha value is -3.13. The van der Waals surface area contributed by atoms with Crippen molar-refractivity contribution in [1.29, 1.82) is 0 Å². The molecule has 5 rings (SSSR count). The van der Waals surface area contributed by atoms with Gasteiger partial charge in [0.15, 0.2) is 35.1 Å². The number of hydrogen-bond acceptors (Lipinski definition) is 10. The summed E-state index contributed by atoms with van der Waals surface area (Å²) >= 11 is 1.39. The first-order chi connectivity index (χ1) is 16.3. The zero-order valence-corrected chi connectivity index (χ0v) is 19.9. The van der Waals surface area contributed by atoms with Crippen molar-refractivity contribution >= 4 is 40.1 Å². The molecule has 34 heavy (non-hydrogen) atoms. The van der Waals surface area contributed by atoms with Crippen LogP contribution in [0.15, 0.2) is 24.8 Å². The summed E-state index contributed by atoms with van der Waals surface area (Å²) in [6.45, 7) is 7.83. The predicted molar refractivity (Wildman–Crippen MR) is 122 cm³/mol. The van der Waals surface area contributed by atoms with Crippen LogP contribution in [0.5, 0.6) is 0 Å². The molecule has 5 heterocycles. The van der Waals surface area contributed by atoms with Crippen LogP contribution in [0.4, 0.5) is 5.82 Å². The number of hydrazine groups is 1. The highest BCUT2D eigenvalue weighted by Crippen LogP contribution is 2.43. The predicted octanol–water partition coefficient (Wildman–Crippen LogP) is 1.51. The van der Waals surface area contributed by atoms with Crippen LogP contribution in [0, 0.1) is 6.92 Å². The van der Waals surface area contributed by atoms with Crippen molar-refractivity contribution in [2.75, 3.05) is 12.0 Å². The quantitative estimate of drug-likeness (QED) is 0.441. The zero-order chi connectivity index (χ0) is 24.0. The second kappa shape index (κ2) is 8.58. The lowest BCUT2D eigenvalue weighted by Gasteiger charge is -2.24. The number of carbonyl (C=O) groups is 2. The van der Waals surface area contributed by atoms with Gasteiger partial charge in [0, 0.05) is 11.4 Å². The molecule has 0 spiro atoms. The number of amides is 2. The second-order valence-electron chi connectivity index (χ2n) is 8.44. The Morgan fingerprint density at radius 3 is 2.71 bits per heavy atom. The molecule has 0 bridgehead atoms. The summed E-state index contributed by atoms with van der Waals surface area (Å²) in [7, 11) is 0. The van der Waals surface area contributed by atoms with Gasteiger partial charge in [-0.2, -0.15) is 0 Å². The standard InChI is InChI=1S/C21H25N7O5S/c1-5-22-19(30)14-13-15(33-21(3,4)32-13)20(31-14)28-9-25-12-16(23-8-24-17(12)28)26-27-18(29)11-7-6-10(2)34-11/h6-9,13-15,20H,5H2,1-4H3,(H,22,30)(H,27,29)(H,23,24,26)/t13?,14?,15-,20?/m1/s1. The van der Waals surface area contributed by atoms with Crippen molar-refractivity contribution in [2.45, 2.75) is 58.0 Å². The van der Waals surface area contributed by atoms with Crippen LogP contribution in [-0.4, -0.2) is 62.0 Å². The molecular formula is C21H25N7O5S. The van der Waals surface area contributed by atoms with E-state index in [1.807, 2.05) is 19.9 Å². The largest absolute Gasteiger partial charge is 0.354 e. The minimum absolute atomic E-state index is 0.269. The van der Waals surface area contributed by atoms with E-state index in [0.29, 0.717) is 28.4 Å². The van der Waals surface area contributed by atoms with E-state index in [-0.39, 0.29) is 11.8 Å². The van der Waals surface area contributed by atoms with E-state index in [9.17, 15) is 9.59 Å². The van der Waals surface area contributed by atoms with Crippen LogP contribution in [0.1, 0.15) is 41.5 Å². The maximum Gasteiger partial charge on any atom is 0.279 e. The van der Waals surface area contributed by atoms with Gasteiger partial charge in [-0.25, -0.2) is 15.0 Å². The highest BCUT2D eigenvalue weighted by molar-refractivity contribution is 7.13. The van der Waals surface area contributed by atoms with Gasteiger partial charge in [0.1, 0.15) is 18.5 Å². The molecule has 2 aliphatic rings. The van der Waals surface area contributed by atoms with Crippen LogP contribution < -0.4 is 16.2 Å². The van der Waals surface area contributed by atoms with Gasteiger partial charge in [0.25, 0.3) is 11.8 Å². The number of ether oxygens (including phenoxy) is 3. The molecule has 13 heteroatoms. The number of nitrogens with one attached hydrogen (secondary N) is 3. The Morgan fingerprint density at radius 1 is 1.18 bits per heavy atom. The Bertz CT molecular complexity index is 1240. The Labute approximate surface area is 199 Å². The Balaban J connectivity index is 1.41. The van der Waals surface area contributed by atoms with E-state index < -0.39 is 30.3 Å². The molecule has 12 nitrogen and oxygen atoms in total. The number of imidazole rings is 1. The van der Waals surface area contributed by atoms with E-state index in [0.717, 1.165) is 4.88 Å². The van der Waals surface area contributed by atoms with E-state index in [1.165, 1.54) is 17.7 Å². The van der Waals surface area contributed by atoms with Crippen molar-refractivity contribution in [2.24, 2.45) is 0 Å². The normalized spacial score (nSPS) is 25.3. The smallest absolute Gasteiger partial charge is 0.279 e. The molecule has 0 radical (unpaired) electrons. The van der Waals surface area contributed by atoms with Crippen LogP contribution in [0.2, 0.25) is 0 Å². The number of rotatable bonds is 6. The second-order valence-corrected chi connectivity index (χ2v) is 9.73. The number of fused-ring (bicyclic) bond motifs is 2. The highest BCUT2D eigenvalue weighted by Gasteiger charge is 2.58. The van der Waals surface area contributed by atoms with E-state index in [2.05, 4.69) is 31.1 Å². The topological polar surface area (TPSA) is 142 Å². The van der Waals surface area contributed by atoms with Crippen molar-refractivity contribution in [3.63, 3.8) is 0 Å². The lowest BCUT2D eigenvalue weighted by atomic mass is 10.1. The summed E-state index contributed by atoms with van der Waals surface area (Å²) in [4.78, 5) is 39.6. The summed E-state index contributed by atoms with van der Waals surface area (Å²) in [5.41, 5.74) is 6.33. The number of anilines is 1. The average Bonchev–Trinajstić information content (AvgIpc) is 3.54. The fourth-order valence-corrected chi connectivity index (χ4v) is 4.91. The van der Waals surface area contributed by atoms with Gasteiger partial charge in [0.05, 0.1) is 11.2 Å². The number of aryl methyl sites for hydroxylation is 1. The Kier molecular flexibility index (Phi) is 5.72. The molecule has 0 saturated carbocycles. The molecule has 2 fully saturated rings. The summed E-state index contributed by atoms with van der Waals surface area (Å²) in [6.07, 6.45) is 0.225. The van der Waals surface area contributed by atoms with Gasteiger partial charge in [-0.15, -0.1) is 11.3 Å². The SMILES string of the molecule is CCNC(=O)C1OC(n2cnc3c(NNC(=O)c4ccc(C)s4)ncnc32)[C@@H]2OC(C)(C)OC12. The molecule has 2 amide bonds. The van der Waals surface area contributed by atoms with Gasteiger partial charge in [-0.3, -0.25) is 25.0 Å². The minimum Gasteiger partial charge on any atom is -0.354 e. The fraction of sp³-hybridized carbons (Fsp3) is 0.476. The van der Waals surface area contributed by atoms with E-state index in [4.69, 9.17) is 14.2 Å². The molecule has 3 aromatic rings. The number of carbonyl (C=O) groups excluding carboxylic acids is 2. The lowest BCUT2D eigenvalue weighted by Crippen LogP contribution is -2.42. The number of hydrogen-bond donors (Lipinski definition) is 3. The maximum absolute atomic E-state index is 12.6. The third kappa shape index (κ3) is 4.00. The van der Waals surface area contributed by atoms with E-state index in [1.54, 1.807) is 30.8 Å². The molecule has 4 atom stereocenters. The molecule has 0 aliphatic carbocycles. The maximum atomic E-state index is 12.6. The third-order valence-corrected chi connectivity index (χ3v) is 6.53. The number of nitrogens with zero attached hydrogens (tertiary/aromatic N) is 4. The Morgan fingerprint density at radius 2 is 1.97 bits per heavy atom. The molecule has 180 valence electrons. The van der Waals surface area contributed by atoms with Gasteiger partial charge in [-0.1, -0.05) is 0 Å². The van der Waals surface area contributed by atoms with Crippen molar-refractivity contribution < 1.29 is 23.8 Å². The van der Waals surface area contributed by atoms with Gasteiger partial charge in [-0.05, 0) is 39.8 Å². The molecule has 0 aromatic carbocycles. The van der Waals surface area contributed by atoms with Crippen LogP contribution in [0.3, 0.4) is 0 Å². The first kappa shape index (κ1) is 22.7. The minimum atomic E-state index is -0.870. The number of likely N-dealkylation sites (N-methyl/N-ethyl adjacent to an activating group) is 1. The molecule has 3 aromatic heterocycles. The third-order valence-electron chi connectivity index (χ3n) is 5.53. The zero-order valence-electron chi connectivity index (χ0n) is 19.1. The van der Waals surface area contributed by atoms with Crippen molar-refractivity contribution in [3.05, 3.63) is 34.5 Å². The lowest BCUT2D eigenvalue weighted by molar-refractivity contribution is -0.197. The summed E-state index contributed by atoms with van der Waals surface area (Å²) < 4.78 is 19.9. The number of thiophene rings is 1. The summed E-state index contributed by atoms with van der Waals surface area (Å²) in [5, 5.41) is 2.78. The van der Waals surface area contributed by atoms with Crippen molar-refractivity contribution in [1.82, 2.24) is 30.3 Å². The molecule has 2 saturated heterocycles. The molecular weight excluding hydrogens is 462 g/mol. The van der Waals surface area contributed by atoms with Gasteiger partial charge in [0.2, 0.25) is 0 Å². The van der Waals surface area contributed by atoms with Gasteiger partial charge < -0.3 is 19.5 Å². The van der Waals surface area contributed by atoms with Gasteiger partial charge >= 0.3 is 0 Å². The van der Waals surface area contributed by atoms with E-state index >= 15 is 0 Å². The summed E-state index contributed by atoms with van der Waals surface area (Å²) in [5.74, 6) is -1.10. The summed E-state index contributed by atoms with van der Waals surface area (Å²) in [6, 6.07) is 3.63. The van der Waals surface area contributed by atoms with Crippen LogP contribution in [0.25, 0.3) is 11.2 Å². The average molecular weight is 488 g/mol.